The number of aliphatic hydroxyl groups excluding tert-OH is 1. The average Bonchev–Trinajstić information content (AvgIpc) is 3.79. The maximum Gasteiger partial charge on any atom is 0.305 e. The van der Waals surface area contributed by atoms with E-state index in [0.29, 0.717) is 19.8 Å². The largest absolute Gasteiger partial charge is 0.466 e. The fourth-order valence-electron chi connectivity index (χ4n) is 7.48. The number of hydrogen-bond donors (Lipinski definition) is 1. The lowest BCUT2D eigenvalue weighted by Crippen LogP contribution is -2.35. The molecule has 7 atom stereocenters. The fraction of sp³-hybridized carbons (Fsp3) is 0.975. The molecular weight excluding hydrogens is 624 g/mol. The standard InChI is InChI=1S/C40H76O9/c1-5-7-8-9-10-11-15-18-24-34(46-31-43-3)36-27-29-38(48-36)39-30-28-37(49-39)35(47-32-44-4)25-21-20-23-33(41)22-17-14-12-13-16-19-26-40(42)45-6-2/h33-39,41H,5-32H2,1-4H3/t33-,34-,35-,36-,37-,38+,39-/m1/s1. The van der Waals surface area contributed by atoms with Gasteiger partial charge in [-0.05, 0) is 64.7 Å². The van der Waals surface area contributed by atoms with Crippen LogP contribution >= 0.6 is 0 Å². The first-order chi connectivity index (χ1) is 24.0. The predicted octanol–water partition coefficient (Wildman–Crippen LogP) is 9.20. The Kier molecular flexibility index (Phi) is 26.9. The van der Waals surface area contributed by atoms with Gasteiger partial charge in [0.2, 0.25) is 0 Å². The van der Waals surface area contributed by atoms with Crippen molar-refractivity contribution in [2.45, 2.75) is 217 Å². The van der Waals surface area contributed by atoms with Crippen LogP contribution in [0.25, 0.3) is 0 Å². The lowest BCUT2D eigenvalue weighted by Gasteiger charge is -2.27. The molecular formula is C40H76O9. The van der Waals surface area contributed by atoms with Crippen molar-refractivity contribution in [2.24, 2.45) is 0 Å². The number of carbonyl (C=O) groups excluding carboxylic acids is 1. The molecule has 0 aromatic carbocycles. The Hall–Kier alpha value is -0.810. The highest BCUT2D eigenvalue weighted by molar-refractivity contribution is 5.69. The van der Waals surface area contributed by atoms with Crippen LogP contribution in [0.4, 0.5) is 0 Å². The van der Waals surface area contributed by atoms with Crippen molar-refractivity contribution in [1.82, 2.24) is 0 Å². The zero-order valence-corrected chi connectivity index (χ0v) is 32.1. The second-order valence-corrected chi connectivity index (χ2v) is 14.5. The molecule has 0 spiro atoms. The van der Waals surface area contributed by atoms with E-state index in [1.807, 2.05) is 6.92 Å². The van der Waals surface area contributed by atoms with Crippen molar-refractivity contribution < 1.29 is 43.1 Å². The van der Waals surface area contributed by atoms with Gasteiger partial charge >= 0.3 is 5.97 Å². The summed E-state index contributed by atoms with van der Waals surface area (Å²) in [7, 11) is 3.35. The minimum absolute atomic E-state index is 0.0112. The monoisotopic (exact) mass is 701 g/mol. The quantitative estimate of drug-likeness (QED) is 0.0408. The molecule has 2 aliphatic rings. The molecule has 0 amide bonds. The van der Waals surface area contributed by atoms with Crippen molar-refractivity contribution in [3.63, 3.8) is 0 Å². The van der Waals surface area contributed by atoms with E-state index < -0.39 is 0 Å². The van der Waals surface area contributed by atoms with E-state index >= 15 is 0 Å². The number of rotatable bonds is 33. The third-order valence-corrected chi connectivity index (χ3v) is 10.3. The summed E-state index contributed by atoms with van der Waals surface area (Å²) in [6, 6.07) is 0. The SMILES string of the molecule is CCCCCCCCCC[C@@H](OCOC)[C@H]1CC[C@@H]([C@H]2CC[C@H]([C@@H](CCCC[C@H](O)CCCCCCCCC(=O)OCC)OCOC)O2)O1. The summed E-state index contributed by atoms with van der Waals surface area (Å²) in [5, 5.41) is 10.5. The smallest absolute Gasteiger partial charge is 0.305 e. The van der Waals surface area contributed by atoms with Crippen LogP contribution in [0, 0.1) is 0 Å². The maximum absolute atomic E-state index is 11.4. The summed E-state index contributed by atoms with van der Waals surface area (Å²) in [6.45, 7) is 5.15. The highest BCUT2D eigenvalue weighted by Crippen LogP contribution is 2.36. The molecule has 0 aliphatic carbocycles. The third-order valence-electron chi connectivity index (χ3n) is 10.3. The van der Waals surface area contributed by atoms with E-state index in [4.69, 9.17) is 33.2 Å². The van der Waals surface area contributed by atoms with Crippen LogP contribution in [-0.4, -0.2) is 88.2 Å². The van der Waals surface area contributed by atoms with Crippen molar-refractivity contribution >= 4 is 5.97 Å². The van der Waals surface area contributed by atoms with Gasteiger partial charge in [0.15, 0.2) is 0 Å². The first-order valence-electron chi connectivity index (χ1n) is 20.4. The molecule has 2 rings (SSSR count). The molecule has 1 N–H and O–H groups in total. The van der Waals surface area contributed by atoms with Crippen LogP contribution in [0.3, 0.4) is 0 Å². The Morgan fingerprint density at radius 1 is 0.612 bits per heavy atom. The van der Waals surface area contributed by atoms with Crippen LogP contribution in [0.2, 0.25) is 0 Å². The van der Waals surface area contributed by atoms with Gasteiger partial charge in [0.1, 0.15) is 13.6 Å². The van der Waals surface area contributed by atoms with Gasteiger partial charge in [-0.1, -0.05) is 103 Å². The molecule has 2 aliphatic heterocycles. The number of hydrogen-bond acceptors (Lipinski definition) is 9. The van der Waals surface area contributed by atoms with E-state index in [9.17, 15) is 9.90 Å². The number of carbonyl (C=O) groups is 1. The van der Waals surface area contributed by atoms with Gasteiger partial charge in [-0.15, -0.1) is 0 Å². The second-order valence-electron chi connectivity index (χ2n) is 14.5. The molecule has 2 fully saturated rings. The number of esters is 1. The fourth-order valence-corrected chi connectivity index (χ4v) is 7.48. The van der Waals surface area contributed by atoms with Gasteiger partial charge in [-0.25, -0.2) is 0 Å². The van der Waals surface area contributed by atoms with Crippen LogP contribution < -0.4 is 0 Å². The first-order valence-corrected chi connectivity index (χ1v) is 20.4. The summed E-state index contributed by atoms with van der Waals surface area (Å²) < 4.78 is 41.0. The molecule has 0 aromatic heterocycles. The number of unbranched alkanes of at least 4 members (excludes halogenated alkanes) is 13. The van der Waals surface area contributed by atoms with Gasteiger partial charge in [0.05, 0.1) is 49.3 Å². The molecule has 9 nitrogen and oxygen atoms in total. The van der Waals surface area contributed by atoms with Gasteiger partial charge in [-0.2, -0.15) is 0 Å². The second kappa shape index (κ2) is 29.7. The van der Waals surface area contributed by atoms with Gasteiger partial charge < -0.3 is 38.3 Å². The minimum atomic E-state index is -0.242. The third kappa shape index (κ3) is 20.7. The van der Waals surface area contributed by atoms with Crippen LogP contribution in [0.5, 0.6) is 0 Å². The Labute approximate surface area is 300 Å². The Morgan fingerprint density at radius 3 is 1.53 bits per heavy atom. The lowest BCUT2D eigenvalue weighted by molar-refractivity contribution is -0.158. The summed E-state index contributed by atoms with van der Waals surface area (Å²) in [5.41, 5.74) is 0. The summed E-state index contributed by atoms with van der Waals surface area (Å²) in [5.74, 6) is -0.0863. The van der Waals surface area contributed by atoms with Gasteiger partial charge in [-0.3, -0.25) is 4.79 Å². The number of aliphatic hydroxyl groups is 1. The highest BCUT2D eigenvalue weighted by Gasteiger charge is 2.41. The number of methoxy groups -OCH3 is 2. The maximum atomic E-state index is 11.4. The van der Waals surface area contributed by atoms with E-state index in [2.05, 4.69) is 6.92 Å². The zero-order valence-electron chi connectivity index (χ0n) is 32.1. The molecule has 0 unspecified atom stereocenters. The Bertz CT molecular complexity index is 768. The molecule has 0 saturated carbocycles. The minimum Gasteiger partial charge on any atom is -0.466 e. The van der Waals surface area contributed by atoms with Gasteiger partial charge in [0, 0.05) is 20.6 Å². The van der Waals surface area contributed by atoms with Crippen molar-refractivity contribution in [2.75, 3.05) is 34.4 Å². The molecule has 9 heteroatoms. The summed E-state index contributed by atoms with van der Waals surface area (Å²) >= 11 is 0. The molecule has 0 bridgehead atoms. The van der Waals surface area contributed by atoms with Crippen molar-refractivity contribution in [3.8, 4) is 0 Å². The molecule has 290 valence electrons. The number of ether oxygens (including phenoxy) is 7. The normalized spacial score (nSPS) is 22.8. The van der Waals surface area contributed by atoms with Crippen LogP contribution in [0.1, 0.15) is 174 Å². The first kappa shape index (κ1) is 44.4. The topological polar surface area (TPSA) is 102 Å². The molecule has 0 radical (unpaired) electrons. The predicted molar refractivity (Wildman–Crippen MR) is 195 cm³/mol. The lowest BCUT2D eigenvalue weighted by atomic mass is 9.99. The van der Waals surface area contributed by atoms with E-state index in [-0.39, 0.29) is 55.5 Å². The Balaban J connectivity index is 1.64. The molecule has 2 saturated heterocycles. The van der Waals surface area contributed by atoms with E-state index in [1.165, 1.54) is 51.4 Å². The molecule has 49 heavy (non-hydrogen) atoms. The van der Waals surface area contributed by atoms with Crippen LogP contribution in [-0.2, 0) is 38.0 Å². The summed E-state index contributed by atoms with van der Waals surface area (Å²) in [4.78, 5) is 11.4. The van der Waals surface area contributed by atoms with E-state index in [1.54, 1.807) is 14.2 Å². The van der Waals surface area contributed by atoms with Gasteiger partial charge in [0.25, 0.3) is 0 Å². The highest BCUT2D eigenvalue weighted by atomic mass is 16.7. The zero-order chi connectivity index (χ0) is 35.4. The van der Waals surface area contributed by atoms with Crippen LogP contribution in [0.15, 0.2) is 0 Å². The molecule has 0 aromatic rings. The van der Waals surface area contributed by atoms with Crippen molar-refractivity contribution in [3.05, 3.63) is 0 Å². The average molecular weight is 701 g/mol. The van der Waals surface area contributed by atoms with E-state index in [0.717, 1.165) is 103 Å². The van der Waals surface area contributed by atoms with Crippen molar-refractivity contribution in [1.29, 1.82) is 0 Å². The molecule has 2 heterocycles. The Morgan fingerprint density at radius 2 is 1.04 bits per heavy atom. The summed E-state index contributed by atoms with van der Waals surface area (Å²) in [6.07, 6.45) is 27.1.